The molecule has 0 amide bonds. The van der Waals surface area contributed by atoms with Crippen molar-refractivity contribution in [3.8, 4) is 5.75 Å². The molecule has 1 unspecified atom stereocenters. The molecule has 1 atom stereocenters. The fraction of sp³-hybridized carbons (Fsp3) is 0.250. The van der Waals surface area contributed by atoms with Gasteiger partial charge >= 0.3 is 11.9 Å². The molecule has 0 spiro atoms. The molecule has 0 heterocycles. The molecule has 1 N–H and O–H groups in total. The molecule has 0 bridgehead atoms. The van der Waals surface area contributed by atoms with E-state index in [0.29, 0.717) is 11.3 Å². The minimum Gasteiger partial charge on any atom is -0.490 e. The topological polar surface area (TPSA) is 82.1 Å². The zero-order valence-electron chi connectivity index (χ0n) is 12.1. The van der Waals surface area contributed by atoms with E-state index in [2.05, 4.69) is 13.2 Å². The van der Waals surface area contributed by atoms with Gasteiger partial charge in [0.25, 0.3) is 0 Å². The minimum atomic E-state index is -0.979. The number of carbonyl (C=O) groups excluding carboxylic acids is 2. The number of esters is 2. The van der Waals surface area contributed by atoms with Gasteiger partial charge in [-0.1, -0.05) is 31.4 Å². The summed E-state index contributed by atoms with van der Waals surface area (Å²) in [7, 11) is 0. The third-order valence-electron chi connectivity index (χ3n) is 2.53. The van der Waals surface area contributed by atoms with Crippen LogP contribution in [0.2, 0.25) is 0 Å². The lowest BCUT2D eigenvalue weighted by molar-refractivity contribution is -0.141. The summed E-state index contributed by atoms with van der Waals surface area (Å²) in [4.78, 5) is 21.9. The Morgan fingerprint density at radius 1 is 1.09 bits per heavy atom. The molecule has 0 saturated carbocycles. The molecule has 0 aliphatic carbocycles. The van der Waals surface area contributed by atoms with Crippen LogP contribution in [0.5, 0.6) is 5.75 Å². The van der Waals surface area contributed by atoms with Gasteiger partial charge in [0, 0.05) is 17.7 Å². The van der Waals surface area contributed by atoms with Crippen molar-refractivity contribution in [2.24, 2.45) is 0 Å². The fourth-order valence-electron chi connectivity index (χ4n) is 1.44. The van der Waals surface area contributed by atoms with Crippen LogP contribution < -0.4 is 4.74 Å². The summed E-state index contributed by atoms with van der Waals surface area (Å²) in [5.74, 6) is -0.685. The number of rotatable bonds is 9. The number of hydrogen-bond acceptors (Lipinski definition) is 6. The van der Waals surface area contributed by atoms with Gasteiger partial charge in [0.1, 0.15) is 31.7 Å². The second kappa shape index (κ2) is 9.36. The van der Waals surface area contributed by atoms with Gasteiger partial charge in [-0.3, -0.25) is 0 Å². The highest BCUT2D eigenvalue weighted by molar-refractivity contribution is 5.81. The van der Waals surface area contributed by atoms with Gasteiger partial charge in [-0.15, -0.1) is 0 Å². The lowest BCUT2D eigenvalue weighted by Gasteiger charge is -2.14. The predicted octanol–water partition coefficient (Wildman–Crippen LogP) is 1.38. The van der Waals surface area contributed by atoms with Gasteiger partial charge in [-0.25, -0.2) is 9.59 Å². The summed E-state index contributed by atoms with van der Waals surface area (Å²) >= 11 is 0. The normalized spacial score (nSPS) is 11.1. The third kappa shape index (κ3) is 6.23. The summed E-state index contributed by atoms with van der Waals surface area (Å²) in [5, 5.41) is 9.67. The Hall–Kier alpha value is -2.60. The van der Waals surface area contributed by atoms with E-state index in [0.717, 1.165) is 12.2 Å². The molecule has 1 aromatic rings. The van der Waals surface area contributed by atoms with E-state index in [4.69, 9.17) is 14.2 Å². The SMILES string of the molecule is C=CC(=O)OCc1ccccc1OCC(O)COC(=O)C=C. The predicted molar refractivity (Wildman–Crippen MR) is 79.1 cm³/mol. The largest absolute Gasteiger partial charge is 0.490 e. The first-order valence-electron chi connectivity index (χ1n) is 6.54. The zero-order chi connectivity index (χ0) is 16.4. The number of para-hydroxylation sites is 1. The first kappa shape index (κ1) is 17.5. The van der Waals surface area contributed by atoms with E-state index in [1.807, 2.05) is 0 Å². The van der Waals surface area contributed by atoms with E-state index < -0.39 is 18.0 Å². The Bertz CT molecular complexity index is 537. The molecule has 22 heavy (non-hydrogen) atoms. The Labute approximate surface area is 128 Å². The molecular weight excluding hydrogens is 288 g/mol. The van der Waals surface area contributed by atoms with E-state index in [1.54, 1.807) is 24.3 Å². The van der Waals surface area contributed by atoms with Crippen LogP contribution in [0.15, 0.2) is 49.6 Å². The van der Waals surface area contributed by atoms with Crippen LogP contribution in [-0.4, -0.2) is 36.4 Å². The molecule has 6 heteroatoms. The number of aliphatic hydroxyl groups is 1. The molecule has 0 aromatic heterocycles. The quantitative estimate of drug-likeness (QED) is 0.548. The zero-order valence-corrected chi connectivity index (χ0v) is 12.1. The summed E-state index contributed by atoms with van der Waals surface area (Å²) < 4.78 is 15.1. The number of aliphatic hydroxyl groups excluding tert-OH is 1. The van der Waals surface area contributed by atoms with Crippen LogP contribution in [0.25, 0.3) is 0 Å². The Morgan fingerprint density at radius 3 is 2.41 bits per heavy atom. The maximum atomic E-state index is 11.1. The smallest absolute Gasteiger partial charge is 0.330 e. The molecular formula is C16H18O6. The summed E-state index contributed by atoms with van der Waals surface area (Å²) in [6.07, 6.45) is 1.10. The van der Waals surface area contributed by atoms with Gasteiger partial charge in [-0.2, -0.15) is 0 Å². The molecule has 1 aromatic carbocycles. The van der Waals surface area contributed by atoms with Crippen LogP contribution in [0.1, 0.15) is 5.56 Å². The second-order valence-electron chi connectivity index (χ2n) is 4.22. The molecule has 0 aliphatic heterocycles. The van der Waals surface area contributed by atoms with Crippen LogP contribution in [0, 0.1) is 0 Å². The molecule has 6 nitrogen and oxygen atoms in total. The average molecular weight is 306 g/mol. The minimum absolute atomic E-state index is 0.0303. The van der Waals surface area contributed by atoms with E-state index in [1.165, 1.54) is 0 Å². The van der Waals surface area contributed by atoms with Crippen molar-refractivity contribution in [3.05, 3.63) is 55.1 Å². The number of carbonyl (C=O) groups is 2. The van der Waals surface area contributed by atoms with Crippen molar-refractivity contribution in [2.45, 2.75) is 12.7 Å². The molecule has 1 rings (SSSR count). The van der Waals surface area contributed by atoms with Gasteiger partial charge in [0.15, 0.2) is 0 Å². The van der Waals surface area contributed by atoms with Crippen LogP contribution in [0.3, 0.4) is 0 Å². The van der Waals surface area contributed by atoms with Crippen molar-refractivity contribution in [3.63, 3.8) is 0 Å². The second-order valence-corrected chi connectivity index (χ2v) is 4.22. The van der Waals surface area contributed by atoms with Gasteiger partial charge < -0.3 is 19.3 Å². The van der Waals surface area contributed by atoms with Crippen molar-refractivity contribution < 1.29 is 28.9 Å². The number of ether oxygens (including phenoxy) is 3. The van der Waals surface area contributed by atoms with E-state index >= 15 is 0 Å². The molecule has 118 valence electrons. The highest BCUT2D eigenvalue weighted by Crippen LogP contribution is 2.19. The Kier molecular flexibility index (Phi) is 7.42. The van der Waals surface area contributed by atoms with Crippen LogP contribution >= 0.6 is 0 Å². The van der Waals surface area contributed by atoms with Crippen molar-refractivity contribution >= 4 is 11.9 Å². The maximum Gasteiger partial charge on any atom is 0.330 e. The Morgan fingerprint density at radius 2 is 1.73 bits per heavy atom. The van der Waals surface area contributed by atoms with Crippen molar-refractivity contribution in [2.75, 3.05) is 13.2 Å². The van der Waals surface area contributed by atoms with E-state index in [-0.39, 0.29) is 19.8 Å². The summed E-state index contributed by atoms with van der Waals surface area (Å²) in [6.45, 7) is 6.32. The number of hydrogen-bond donors (Lipinski definition) is 1. The van der Waals surface area contributed by atoms with Crippen LogP contribution in [-0.2, 0) is 25.7 Å². The van der Waals surface area contributed by atoms with Crippen LogP contribution in [0.4, 0.5) is 0 Å². The standard InChI is InChI=1S/C16H18O6/c1-3-15(18)21-9-12-7-5-6-8-14(12)20-10-13(17)11-22-16(19)4-2/h3-8,13,17H,1-2,9-11H2. The van der Waals surface area contributed by atoms with Gasteiger partial charge in [0.05, 0.1) is 0 Å². The van der Waals surface area contributed by atoms with Crippen molar-refractivity contribution in [1.82, 2.24) is 0 Å². The summed E-state index contributed by atoms with van der Waals surface area (Å²) in [5.41, 5.74) is 0.646. The first-order valence-corrected chi connectivity index (χ1v) is 6.54. The lowest BCUT2D eigenvalue weighted by Crippen LogP contribution is -2.25. The maximum absolute atomic E-state index is 11.1. The van der Waals surface area contributed by atoms with Crippen molar-refractivity contribution in [1.29, 1.82) is 0 Å². The molecule has 0 radical (unpaired) electrons. The highest BCUT2D eigenvalue weighted by atomic mass is 16.6. The number of benzene rings is 1. The molecule has 0 saturated heterocycles. The molecule has 0 fully saturated rings. The lowest BCUT2D eigenvalue weighted by atomic mass is 10.2. The molecule has 0 aliphatic rings. The average Bonchev–Trinajstić information content (AvgIpc) is 2.56. The third-order valence-corrected chi connectivity index (χ3v) is 2.53. The summed E-state index contributed by atoms with van der Waals surface area (Å²) in [6, 6.07) is 6.93. The van der Waals surface area contributed by atoms with E-state index in [9.17, 15) is 14.7 Å². The fourth-order valence-corrected chi connectivity index (χ4v) is 1.44. The first-order chi connectivity index (χ1) is 10.6. The highest BCUT2D eigenvalue weighted by Gasteiger charge is 2.10. The van der Waals surface area contributed by atoms with Gasteiger partial charge in [-0.05, 0) is 6.07 Å². The monoisotopic (exact) mass is 306 g/mol. The Balaban J connectivity index is 2.51. The van der Waals surface area contributed by atoms with Gasteiger partial charge in [0.2, 0.25) is 0 Å².